The number of para-hydroxylation sites is 1. The molecule has 1 heterocycles. The highest BCUT2D eigenvalue weighted by Crippen LogP contribution is 2.31. The third-order valence-electron chi connectivity index (χ3n) is 4.67. The van der Waals surface area contributed by atoms with Gasteiger partial charge in [0, 0.05) is 15.4 Å². The molecule has 1 aromatic heterocycles. The van der Waals surface area contributed by atoms with Crippen molar-refractivity contribution >= 4 is 38.7 Å². The Labute approximate surface area is 173 Å². The molecule has 1 N–H and O–H groups in total. The van der Waals surface area contributed by atoms with E-state index >= 15 is 0 Å². The van der Waals surface area contributed by atoms with E-state index in [1.54, 1.807) is 36.4 Å². The van der Waals surface area contributed by atoms with Gasteiger partial charge in [0.1, 0.15) is 11.5 Å². The van der Waals surface area contributed by atoms with Crippen molar-refractivity contribution in [2.75, 3.05) is 0 Å². The fourth-order valence-electron chi connectivity index (χ4n) is 3.19. The lowest BCUT2D eigenvalue weighted by Crippen LogP contribution is -2.14. The van der Waals surface area contributed by atoms with E-state index < -0.39 is 11.8 Å². The van der Waals surface area contributed by atoms with Crippen LogP contribution >= 0.6 is 15.9 Å². The van der Waals surface area contributed by atoms with Crippen molar-refractivity contribution in [1.29, 1.82) is 0 Å². The molecule has 0 fully saturated rings. The van der Waals surface area contributed by atoms with Gasteiger partial charge in [0.15, 0.2) is 0 Å². The van der Waals surface area contributed by atoms with Crippen LogP contribution in [-0.2, 0) is 0 Å². The number of aryl methyl sites for hydroxylation is 1. The van der Waals surface area contributed by atoms with E-state index in [0.29, 0.717) is 20.9 Å². The molecule has 5 nitrogen and oxygen atoms in total. The molecule has 0 spiro atoms. The van der Waals surface area contributed by atoms with Crippen LogP contribution in [0, 0.1) is 12.7 Å². The second kappa shape index (κ2) is 7.25. The van der Waals surface area contributed by atoms with Gasteiger partial charge in [0.25, 0.3) is 5.91 Å². The number of nitrogens with zero attached hydrogens (tertiary/aromatic N) is 2. The molecule has 0 bridgehead atoms. The van der Waals surface area contributed by atoms with Crippen molar-refractivity contribution < 1.29 is 19.1 Å². The molecular formula is C22H14BrFN2O3. The highest BCUT2D eigenvalue weighted by atomic mass is 79.9. The Morgan fingerprint density at radius 1 is 1.07 bits per heavy atom. The number of halogens is 2. The SMILES string of the molecule is Cc1cccc(C(=O)n2nc(-c3ccc(C(=O)O)cc3F)c3ccccc32)c1Br. The number of benzene rings is 3. The van der Waals surface area contributed by atoms with Gasteiger partial charge in [0.2, 0.25) is 0 Å². The molecule has 0 aliphatic carbocycles. The molecule has 4 rings (SSSR count). The summed E-state index contributed by atoms with van der Waals surface area (Å²) in [5.74, 6) is -2.29. The number of hydrogen-bond acceptors (Lipinski definition) is 3. The summed E-state index contributed by atoms with van der Waals surface area (Å²) in [6.45, 7) is 1.88. The van der Waals surface area contributed by atoms with Crippen molar-refractivity contribution in [3.05, 3.63) is 87.6 Å². The van der Waals surface area contributed by atoms with Crippen LogP contribution in [0.4, 0.5) is 4.39 Å². The van der Waals surface area contributed by atoms with Crippen LogP contribution in [0.5, 0.6) is 0 Å². The van der Waals surface area contributed by atoms with Gasteiger partial charge in [-0.25, -0.2) is 9.18 Å². The summed E-state index contributed by atoms with van der Waals surface area (Å²) in [5, 5.41) is 14.0. The summed E-state index contributed by atoms with van der Waals surface area (Å²) in [6.07, 6.45) is 0. The van der Waals surface area contributed by atoms with Crippen molar-refractivity contribution in [3.63, 3.8) is 0 Å². The Morgan fingerprint density at radius 2 is 1.83 bits per heavy atom. The Kier molecular flexibility index (Phi) is 4.76. The lowest BCUT2D eigenvalue weighted by atomic mass is 10.0. The van der Waals surface area contributed by atoms with Crippen molar-refractivity contribution in [2.24, 2.45) is 0 Å². The van der Waals surface area contributed by atoms with Crippen LogP contribution < -0.4 is 0 Å². The lowest BCUT2D eigenvalue weighted by Gasteiger charge is -2.07. The largest absolute Gasteiger partial charge is 0.478 e. The molecular weight excluding hydrogens is 439 g/mol. The second-order valence-electron chi connectivity index (χ2n) is 6.52. The number of rotatable bonds is 3. The summed E-state index contributed by atoms with van der Waals surface area (Å²) in [4.78, 5) is 24.3. The summed E-state index contributed by atoms with van der Waals surface area (Å²) in [7, 11) is 0. The minimum absolute atomic E-state index is 0.126. The maximum absolute atomic E-state index is 14.7. The highest BCUT2D eigenvalue weighted by Gasteiger charge is 2.22. The van der Waals surface area contributed by atoms with E-state index in [0.717, 1.165) is 11.6 Å². The predicted octanol–water partition coefficient (Wildman–Crippen LogP) is 5.30. The van der Waals surface area contributed by atoms with E-state index in [1.165, 1.54) is 16.8 Å². The molecule has 0 aliphatic rings. The normalized spacial score (nSPS) is 11.0. The lowest BCUT2D eigenvalue weighted by molar-refractivity contribution is 0.0696. The van der Waals surface area contributed by atoms with Crippen molar-refractivity contribution in [3.8, 4) is 11.3 Å². The Balaban J connectivity index is 1.92. The minimum atomic E-state index is -1.22. The van der Waals surface area contributed by atoms with Gasteiger partial charge in [-0.1, -0.05) is 30.3 Å². The zero-order valence-corrected chi connectivity index (χ0v) is 16.8. The fraction of sp³-hybridized carbons (Fsp3) is 0.0455. The number of aromatic carboxylic acids is 1. The Bertz CT molecular complexity index is 1300. The van der Waals surface area contributed by atoms with E-state index in [2.05, 4.69) is 21.0 Å². The number of fused-ring (bicyclic) bond motifs is 1. The van der Waals surface area contributed by atoms with E-state index in [4.69, 9.17) is 5.11 Å². The summed E-state index contributed by atoms with van der Waals surface area (Å²) >= 11 is 3.45. The van der Waals surface area contributed by atoms with Gasteiger partial charge in [-0.15, -0.1) is 0 Å². The maximum atomic E-state index is 14.7. The van der Waals surface area contributed by atoms with E-state index in [9.17, 15) is 14.0 Å². The van der Waals surface area contributed by atoms with Gasteiger partial charge in [-0.2, -0.15) is 9.78 Å². The molecule has 0 aliphatic heterocycles. The molecule has 0 amide bonds. The molecule has 29 heavy (non-hydrogen) atoms. The number of hydrogen-bond donors (Lipinski definition) is 1. The third-order valence-corrected chi connectivity index (χ3v) is 5.73. The zero-order valence-electron chi connectivity index (χ0n) is 15.2. The molecule has 0 saturated carbocycles. The monoisotopic (exact) mass is 452 g/mol. The van der Waals surface area contributed by atoms with Crippen molar-refractivity contribution in [1.82, 2.24) is 9.78 Å². The number of carbonyl (C=O) groups excluding carboxylic acids is 1. The van der Waals surface area contributed by atoms with Gasteiger partial charge in [-0.05, 0) is 58.7 Å². The quantitative estimate of drug-likeness (QED) is 0.457. The average molecular weight is 453 g/mol. The molecule has 3 aromatic carbocycles. The molecule has 4 aromatic rings. The first-order chi connectivity index (χ1) is 13.9. The van der Waals surface area contributed by atoms with Crippen LogP contribution in [0.2, 0.25) is 0 Å². The average Bonchev–Trinajstić information content (AvgIpc) is 3.09. The van der Waals surface area contributed by atoms with E-state index in [1.807, 2.05) is 13.0 Å². The minimum Gasteiger partial charge on any atom is -0.478 e. The van der Waals surface area contributed by atoms with Gasteiger partial charge in [-0.3, -0.25) is 4.79 Å². The smallest absolute Gasteiger partial charge is 0.335 e. The molecule has 0 saturated heterocycles. The summed E-state index contributed by atoms with van der Waals surface area (Å²) < 4.78 is 16.6. The van der Waals surface area contributed by atoms with Crippen LogP contribution in [0.3, 0.4) is 0 Å². The molecule has 7 heteroatoms. The first-order valence-corrected chi connectivity index (χ1v) is 9.48. The summed E-state index contributed by atoms with van der Waals surface area (Å²) in [5.41, 5.74) is 2.11. The fourth-order valence-corrected chi connectivity index (χ4v) is 3.62. The van der Waals surface area contributed by atoms with Gasteiger partial charge >= 0.3 is 5.97 Å². The zero-order chi connectivity index (χ0) is 20.7. The molecule has 0 unspecified atom stereocenters. The second-order valence-corrected chi connectivity index (χ2v) is 7.31. The molecule has 0 atom stereocenters. The topological polar surface area (TPSA) is 72.2 Å². The molecule has 0 radical (unpaired) electrons. The Morgan fingerprint density at radius 3 is 2.55 bits per heavy atom. The number of carbonyl (C=O) groups is 2. The van der Waals surface area contributed by atoms with Gasteiger partial charge < -0.3 is 5.11 Å². The maximum Gasteiger partial charge on any atom is 0.335 e. The first-order valence-electron chi connectivity index (χ1n) is 8.69. The van der Waals surface area contributed by atoms with E-state index in [-0.39, 0.29) is 22.7 Å². The van der Waals surface area contributed by atoms with Crippen LogP contribution in [-0.4, -0.2) is 26.8 Å². The number of carboxylic acid groups (broad SMARTS) is 1. The van der Waals surface area contributed by atoms with Gasteiger partial charge in [0.05, 0.1) is 16.6 Å². The Hall–Kier alpha value is -3.32. The van der Waals surface area contributed by atoms with Crippen LogP contribution in [0.25, 0.3) is 22.2 Å². The highest BCUT2D eigenvalue weighted by molar-refractivity contribution is 9.10. The van der Waals surface area contributed by atoms with Crippen LogP contribution in [0.15, 0.2) is 65.1 Å². The number of aromatic nitrogens is 2. The van der Waals surface area contributed by atoms with Crippen LogP contribution in [0.1, 0.15) is 26.3 Å². The molecule has 144 valence electrons. The van der Waals surface area contributed by atoms with Crippen molar-refractivity contribution in [2.45, 2.75) is 6.92 Å². The third kappa shape index (κ3) is 3.23. The summed E-state index contributed by atoms with van der Waals surface area (Å²) in [6, 6.07) is 16.0. The number of carboxylic acids is 1. The standard InChI is InChI=1S/C22H14BrFN2O3/c1-12-5-4-7-16(19(12)23)21(27)26-18-8-3-2-6-15(18)20(25-26)14-10-9-13(22(28)29)11-17(14)24/h2-11H,1H3,(H,28,29). The predicted molar refractivity (Wildman–Crippen MR) is 111 cm³/mol. The first kappa shape index (κ1) is 19.0.